The molecule has 0 aliphatic rings. The lowest BCUT2D eigenvalue weighted by atomic mass is 10.0. The number of pyridine rings is 1. The molecule has 180 valence electrons. The number of aromatic nitrogens is 1. The molecule has 2 rings (SSSR count). The molecule has 0 amide bonds. The summed E-state index contributed by atoms with van der Waals surface area (Å²) in [6.07, 6.45) is 17.8. The topological polar surface area (TPSA) is 48.4 Å². The van der Waals surface area contributed by atoms with Gasteiger partial charge >= 0.3 is 5.97 Å². The average Bonchev–Trinajstić information content (AvgIpc) is 2.84. The predicted octanol–water partition coefficient (Wildman–Crippen LogP) is 7.71. The fraction of sp³-hybridized carbons (Fsp3) is 0.517. The molecule has 0 saturated heterocycles. The number of hydrogen-bond donors (Lipinski definition) is 0. The van der Waals surface area contributed by atoms with E-state index in [1.165, 1.54) is 50.2 Å². The van der Waals surface area contributed by atoms with E-state index >= 15 is 0 Å². The van der Waals surface area contributed by atoms with E-state index in [0.717, 1.165) is 56.6 Å². The number of allylic oxidation sites excluding steroid dienone is 1. The maximum absolute atomic E-state index is 12.0. The van der Waals surface area contributed by atoms with Gasteiger partial charge < -0.3 is 9.47 Å². The Morgan fingerprint density at radius 3 is 2.36 bits per heavy atom. The second kappa shape index (κ2) is 17.1. The molecule has 1 aromatic heterocycles. The van der Waals surface area contributed by atoms with Crippen molar-refractivity contribution >= 4 is 5.97 Å². The van der Waals surface area contributed by atoms with Gasteiger partial charge in [0.2, 0.25) is 0 Å². The van der Waals surface area contributed by atoms with Crippen LogP contribution in [0.1, 0.15) is 83.6 Å². The fourth-order valence-electron chi connectivity index (χ4n) is 3.61. The van der Waals surface area contributed by atoms with Crippen molar-refractivity contribution in [3.63, 3.8) is 0 Å². The number of nitrogens with zero attached hydrogens (tertiary/aromatic N) is 1. The van der Waals surface area contributed by atoms with E-state index in [-0.39, 0.29) is 5.97 Å². The summed E-state index contributed by atoms with van der Waals surface area (Å²) in [6, 6.07) is 12.3. The van der Waals surface area contributed by atoms with Gasteiger partial charge in [-0.25, -0.2) is 4.79 Å². The Morgan fingerprint density at radius 2 is 1.64 bits per heavy atom. The predicted molar refractivity (Wildman–Crippen MR) is 136 cm³/mol. The van der Waals surface area contributed by atoms with Crippen LogP contribution in [0.15, 0.2) is 54.7 Å². The van der Waals surface area contributed by atoms with Gasteiger partial charge in [0.25, 0.3) is 0 Å². The van der Waals surface area contributed by atoms with E-state index in [4.69, 9.17) is 9.47 Å². The Bertz CT molecular complexity index is 797. The summed E-state index contributed by atoms with van der Waals surface area (Å²) in [6.45, 7) is 6.09. The van der Waals surface area contributed by atoms with Crippen LogP contribution in [0.25, 0.3) is 11.3 Å². The molecule has 4 nitrogen and oxygen atoms in total. The number of carbonyl (C=O) groups excluding carboxylic acids is 1. The lowest BCUT2D eigenvalue weighted by Gasteiger charge is -2.06. The lowest BCUT2D eigenvalue weighted by molar-refractivity contribution is -0.129. The summed E-state index contributed by atoms with van der Waals surface area (Å²) in [5, 5.41) is 0. The molecule has 0 radical (unpaired) electrons. The van der Waals surface area contributed by atoms with Crippen LogP contribution in [-0.4, -0.2) is 24.2 Å². The lowest BCUT2D eigenvalue weighted by Crippen LogP contribution is -2.04. The highest BCUT2D eigenvalue weighted by Gasteiger charge is 2.04. The summed E-state index contributed by atoms with van der Waals surface area (Å²) >= 11 is 0. The number of unbranched alkanes of at least 4 members (excludes halogenated alkanes) is 7. The summed E-state index contributed by atoms with van der Waals surface area (Å²) in [5.74, 6) is 0.121. The van der Waals surface area contributed by atoms with Crippen LogP contribution in [0.5, 0.6) is 5.75 Å². The van der Waals surface area contributed by atoms with Gasteiger partial charge in [-0.2, -0.15) is 0 Å². The second-order valence-corrected chi connectivity index (χ2v) is 8.53. The van der Waals surface area contributed by atoms with Crippen LogP contribution in [0.2, 0.25) is 0 Å². The fourth-order valence-corrected chi connectivity index (χ4v) is 3.61. The van der Waals surface area contributed by atoms with Gasteiger partial charge in [-0.3, -0.25) is 4.98 Å². The zero-order valence-electron chi connectivity index (χ0n) is 20.6. The summed E-state index contributed by atoms with van der Waals surface area (Å²) < 4.78 is 10.9. The molecule has 0 unspecified atom stereocenters. The minimum Gasteiger partial charge on any atom is -0.422 e. The molecule has 2 aromatic rings. The molecule has 0 N–H and O–H groups in total. The molecule has 0 aliphatic carbocycles. The van der Waals surface area contributed by atoms with Crippen LogP contribution in [0.3, 0.4) is 0 Å². The van der Waals surface area contributed by atoms with Crippen LogP contribution >= 0.6 is 0 Å². The molecule has 0 atom stereocenters. The second-order valence-electron chi connectivity index (χ2n) is 8.53. The molecule has 4 heteroatoms. The van der Waals surface area contributed by atoms with Crippen LogP contribution in [0.4, 0.5) is 0 Å². The van der Waals surface area contributed by atoms with Crippen molar-refractivity contribution in [2.24, 2.45) is 0 Å². The molecule has 0 fully saturated rings. The maximum Gasteiger partial charge on any atom is 0.335 e. The first-order valence-electron chi connectivity index (χ1n) is 12.7. The van der Waals surface area contributed by atoms with Gasteiger partial charge in [-0.15, -0.1) is 0 Å². The molecule has 33 heavy (non-hydrogen) atoms. The van der Waals surface area contributed by atoms with Gasteiger partial charge in [-0.1, -0.05) is 76.3 Å². The SMILES string of the molecule is CCCCCCCC=CC(=O)Oc1ccc(-c2ccc(CCCCCOCCC)cc2)nc1. The van der Waals surface area contributed by atoms with Gasteiger partial charge in [0.1, 0.15) is 5.75 Å². The standard InChI is InChI=1S/C29H41NO3/c1-3-5-6-7-8-9-12-15-29(31)33-27-20-21-28(30-24-27)26-18-16-25(17-19-26)14-11-10-13-23-32-22-4-2/h12,15-21,24H,3-11,13-14,22-23H2,1-2H3. The minimum absolute atomic E-state index is 0.348. The Hall–Kier alpha value is -2.46. The van der Waals surface area contributed by atoms with Crippen LogP contribution < -0.4 is 4.74 Å². The number of carbonyl (C=O) groups is 1. The normalized spacial score (nSPS) is 11.2. The third kappa shape index (κ3) is 11.8. The molecule has 0 aliphatic heterocycles. The largest absolute Gasteiger partial charge is 0.422 e. The zero-order chi connectivity index (χ0) is 23.6. The Kier molecular flexibility index (Phi) is 13.9. The Morgan fingerprint density at radius 1 is 0.848 bits per heavy atom. The van der Waals surface area contributed by atoms with Gasteiger partial charge in [0.15, 0.2) is 0 Å². The number of hydrogen-bond acceptors (Lipinski definition) is 4. The van der Waals surface area contributed by atoms with E-state index < -0.39 is 0 Å². The number of rotatable bonds is 17. The summed E-state index contributed by atoms with van der Waals surface area (Å²) in [4.78, 5) is 16.4. The number of ether oxygens (including phenoxy) is 2. The third-order valence-corrected chi connectivity index (χ3v) is 5.54. The molecule has 0 bridgehead atoms. The average molecular weight is 452 g/mol. The van der Waals surface area contributed by atoms with Crippen molar-refractivity contribution in [3.8, 4) is 17.0 Å². The minimum atomic E-state index is -0.348. The Labute approximate surface area is 200 Å². The Balaban J connectivity index is 1.70. The van der Waals surface area contributed by atoms with Crippen molar-refractivity contribution in [3.05, 3.63) is 60.3 Å². The van der Waals surface area contributed by atoms with Gasteiger partial charge in [0, 0.05) is 24.9 Å². The van der Waals surface area contributed by atoms with E-state index in [1.807, 2.05) is 12.1 Å². The summed E-state index contributed by atoms with van der Waals surface area (Å²) in [7, 11) is 0. The number of esters is 1. The van der Waals surface area contributed by atoms with Crippen LogP contribution in [0, 0.1) is 0 Å². The summed E-state index contributed by atoms with van der Waals surface area (Å²) in [5.41, 5.74) is 3.28. The first kappa shape index (κ1) is 26.8. The van der Waals surface area contributed by atoms with E-state index in [1.54, 1.807) is 12.3 Å². The number of benzene rings is 1. The van der Waals surface area contributed by atoms with Gasteiger partial charge in [0.05, 0.1) is 11.9 Å². The first-order chi connectivity index (χ1) is 16.2. The zero-order valence-corrected chi connectivity index (χ0v) is 20.6. The van der Waals surface area contributed by atoms with Crippen molar-refractivity contribution in [1.29, 1.82) is 0 Å². The van der Waals surface area contributed by atoms with E-state index in [2.05, 4.69) is 43.1 Å². The van der Waals surface area contributed by atoms with Crippen molar-refractivity contribution in [1.82, 2.24) is 4.98 Å². The first-order valence-corrected chi connectivity index (χ1v) is 12.7. The van der Waals surface area contributed by atoms with Crippen molar-refractivity contribution in [2.75, 3.05) is 13.2 Å². The highest BCUT2D eigenvalue weighted by atomic mass is 16.5. The highest BCUT2D eigenvalue weighted by molar-refractivity contribution is 5.84. The molecule has 0 spiro atoms. The molecular formula is C29H41NO3. The van der Waals surface area contributed by atoms with Crippen LogP contribution in [-0.2, 0) is 16.0 Å². The van der Waals surface area contributed by atoms with Gasteiger partial charge in [-0.05, 0) is 56.2 Å². The monoisotopic (exact) mass is 451 g/mol. The smallest absolute Gasteiger partial charge is 0.335 e. The quantitative estimate of drug-likeness (QED) is 0.140. The molecule has 0 saturated carbocycles. The highest BCUT2D eigenvalue weighted by Crippen LogP contribution is 2.21. The molecular weight excluding hydrogens is 410 g/mol. The third-order valence-electron chi connectivity index (χ3n) is 5.54. The maximum atomic E-state index is 12.0. The molecule has 1 heterocycles. The van der Waals surface area contributed by atoms with Crippen molar-refractivity contribution in [2.45, 2.75) is 84.5 Å². The van der Waals surface area contributed by atoms with Crippen molar-refractivity contribution < 1.29 is 14.3 Å². The number of aryl methyl sites for hydroxylation is 1. The van der Waals surface area contributed by atoms with E-state index in [9.17, 15) is 4.79 Å². The van der Waals surface area contributed by atoms with E-state index in [0.29, 0.717) is 5.75 Å². The molecule has 1 aromatic carbocycles.